The Hall–Kier alpha value is -2.03. The number of thiazole rings is 1. The minimum atomic E-state index is -3.57. The molecule has 0 unspecified atom stereocenters. The van der Waals surface area contributed by atoms with Crippen LogP contribution in [-0.4, -0.2) is 25.7 Å². The highest BCUT2D eigenvalue weighted by molar-refractivity contribution is 7.85. The molecule has 2 heterocycles. The van der Waals surface area contributed by atoms with Gasteiger partial charge in [-0.15, -0.1) is 11.3 Å². The molecule has 0 atom stereocenters. The number of nitrogens with zero attached hydrogens (tertiary/aromatic N) is 1. The third kappa shape index (κ3) is 3.81. The van der Waals surface area contributed by atoms with Crippen LogP contribution in [0.25, 0.3) is 16.0 Å². The van der Waals surface area contributed by atoms with Crippen molar-refractivity contribution in [1.82, 2.24) is 4.40 Å². The molecular weight excluding hydrogens is 365 g/mol. The molecule has 25 heavy (non-hydrogen) atoms. The third-order valence-corrected chi connectivity index (χ3v) is 5.34. The van der Waals surface area contributed by atoms with Crippen molar-refractivity contribution in [2.24, 2.45) is 0 Å². The number of rotatable bonds is 5. The fourth-order valence-corrected chi connectivity index (χ4v) is 4.03. The summed E-state index contributed by atoms with van der Waals surface area (Å²) in [6, 6.07) is 7.63. The van der Waals surface area contributed by atoms with Crippen molar-refractivity contribution >= 4 is 26.3 Å². The Morgan fingerprint density at radius 3 is 2.72 bits per heavy atom. The smallest absolute Gasteiger partial charge is 0.264 e. The largest absolute Gasteiger partial charge is 0.271 e. The molecule has 5 nitrogen and oxygen atoms in total. The average molecular weight is 381 g/mol. The van der Waals surface area contributed by atoms with Gasteiger partial charge in [0, 0.05) is 11.1 Å². The van der Waals surface area contributed by atoms with Crippen LogP contribution >= 0.6 is 11.3 Å². The number of aryl methyl sites for hydroxylation is 1. The van der Waals surface area contributed by atoms with Crippen molar-refractivity contribution in [3.63, 3.8) is 0 Å². The summed E-state index contributed by atoms with van der Waals surface area (Å²) in [4.78, 5) is 13.7. The van der Waals surface area contributed by atoms with Crippen molar-refractivity contribution in [3.8, 4) is 11.1 Å². The lowest BCUT2D eigenvalue weighted by molar-refractivity contribution is 0.326. The van der Waals surface area contributed by atoms with E-state index in [9.17, 15) is 17.6 Å². The van der Waals surface area contributed by atoms with Gasteiger partial charge in [0.15, 0.2) is 0 Å². The second-order valence-corrected chi connectivity index (χ2v) is 8.22. The van der Waals surface area contributed by atoms with Gasteiger partial charge < -0.3 is 0 Å². The zero-order chi connectivity index (χ0) is 18.2. The first-order valence-electron chi connectivity index (χ1n) is 7.49. The van der Waals surface area contributed by atoms with E-state index in [0.717, 1.165) is 16.8 Å². The Balaban J connectivity index is 2.16. The van der Waals surface area contributed by atoms with Crippen molar-refractivity contribution in [3.05, 3.63) is 63.1 Å². The summed E-state index contributed by atoms with van der Waals surface area (Å²) >= 11 is 1.42. The van der Waals surface area contributed by atoms with Gasteiger partial charge >= 0.3 is 0 Å². The molecule has 132 valence electrons. The lowest BCUT2D eigenvalue weighted by Gasteiger charge is -2.11. The lowest BCUT2D eigenvalue weighted by Crippen LogP contribution is -2.19. The first kappa shape index (κ1) is 17.8. The van der Waals surface area contributed by atoms with Gasteiger partial charge in [0.1, 0.15) is 10.6 Å². The molecule has 3 rings (SSSR count). The quantitative estimate of drug-likeness (QED) is 0.638. The molecule has 0 aliphatic rings. The molecule has 0 saturated heterocycles. The van der Waals surface area contributed by atoms with Crippen LogP contribution in [0.3, 0.4) is 0 Å². The lowest BCUT2D eigenvalue weighted by atomic mass is 9.99. The van der Waals surface area contributed by atoms with Crippen LogP contribution < -0.4 is 5.56 Å². The van der Waals surface area contributed by atoms with Gasteiger partial charge in [0.05, 0.1) is 18.4 Å². The summed E-state index contributed by atoms with van der Waals surface area (Å²) in [5, 5.41) is 1.86. The van der Waals surface area contributed by atoms with Crippen molar-refractivity contribution < 1.29 is 17.0 Å². The maximum atomic E-state index is 13.6. The molecule has 0 N–H and O–H groups in total. The van der Waals surface area contributed by atoms with Crippen LogP contribution in [0.2, 0.25) is 0 Å². The topological polar surface area (TPSA) is 64.9 Å². The highest BCUT2D eigenvalue weighted by Crippen LogP contribution is 2.25. The first-order chi connectivity index (χ1) is 11.8. The second kappa shape index (κ2) is 6.70. The van der Waals surface area contributed by atoms with Gasteiger partial charge in [0.2, 0.25) is 0 Å². The van der Waals surface area contributed by atoms with Crippen LogP contribution in [0.4, 0.5) is 4.39 Å². The molecule has 3 aromatic rings. The number of hydrogen-bond acceptors (Lipinski definition) is 5. The summed E-state index contributed by atoms with van der Waals surface area (Å²) < 4.78 is 42.4. The number of aromatic nitrogens is 1. The molecule has 0 aliphatic heterocycles. The maximum Gasteiger partial charge on any atom is 0.264 e. The van der Waals surface area contributed by atoms with E-state index in [4.69, 9.17) is 4.18 Å². The monoisotopic (exact) mass is 381 g/mol. The zero-order valence-electron chi connectivity index (χ0n) is 13.7. The molecule has 0 radical (unpaired) electrons. The van der Waals surface area contributed by atoms with Crippen LogP contribution in [0.1, 0.15) is 11.3 Å². The van der Waals surface area contributed by atoms with Crippen molar-refractivity contribution in [2.45, 2.75) is 13.3 Å². The van der Waals surface area contributed by atoms with E-state index < -0.39 is 15.9 Å². The van der Waals surface area contributed by atoms with Crippen molar-refractivity contribution in [1.29, 1.82) is 0 Å². The number of fused-ring (bicyclic) bond motifs is 1. The number of hydrogen-bond donors (Lipinski definition) is 0. The standard InChI is InChI=1S/C17H16FNO4S2/c1-11-10-24-15-9-13(6-7-23-25(2,21)22)16(17(20)19(11)15)12-4-3-5-14(18)8-12/h3-5,8-10H,6-7H2,1-2H3. The normalized spacial score (nSPS) is 12.0. The molecule has 0 aliphatic carbocycles. The number of pyridine rings is 1. The van der Waals surface area contributed by atoms with E-state index in [2.05, 4.69) is 0 Å². The van der Waals surface area contributed by atoms with Gasteiger partial charge in [0.25, 0.3) is 15.7 Å². The SMILES string of the molecule is Cc1csc2cc(CCOS(C)(=O)=O)c(-c3cccc(F)c3)c(=O)n12. The highest BCUT2D eigenvalue weighted by Gasteiger charge is 2.16. The zero-order valence-corrected chi connectivity index (χ0v) is 15.3. The molecule has 0 bridgehead atoms. The molecule has 2 aromatic heterocycles. The summed E-state index contributed by atoms with van der Waals surface area (Å²) in [7, 11) is -3.57. The molecule has 0 fully saturated rings. The van der Waals surface area contributed by atoms with Gasteiger partial charge in [-0.1, -0.05) is 12.1 Å². The second-order valence-electron chi connectivity index (χ2n) is 5.69. The Labute approximate surface area is 148 Å². The molecule has 0 amide bonds. The maximum absolute atomic E-state index is 13.6. The van der Waals surface area contributed by atoms with Gasteiger partial charge in [-0.2, -0.15) is 8.42 Å². The van der Waals surface area contributed by atoms with E-state index in [1.54, 1.807) is 10.5 Å². The average Bonchev–Trinajstić information content (AvgIpc) is 2.87. The first-order valence-corrected chi connectivity index (χ1v) is 10.2. The van der Waals surface area contributed by atoms with E-state index in [1.807, 2.05) is 18.4 Å². The predicted octanol–water partition coefficient (Wildman–Crippen LogP) is 2.99. The Kier molecular flexibility index (Phi) is 4.77. The van der Waals surface area contributed by atoms with Crippen LogP contribution in [0.15, 0.2) is 40.5 Å². The van der Waals surface area contributed by atoms with Crippen molar-refractivity contribution in [2.75, 3.05) is 12.9 Å². The molecule has 0 saturated carbocycles. The van der Waals surface area contributed by atoms with E-state index in [0.29, 0.717) is 16.7 Å². The summed E-state index contributed by atoms with van der Waals surface area (Å²) in [6.45, 7) is 1.74. The fourth-order valence-electron chi connectivity index (χ4n) is 2.71. The van der Waals surface area contributed by atoms with Crippen LogP contribution in [-0.2, 0) is 20.7 Å². The predicted molar refractivity (Wildman–Crippen MR) is 96.2 cm³/mol. The van der Waals surface area contributed by atoms with E-state index in [-0.39, 0.29) is 18.6 Å². The Morgan fingerprint density at radius 2 is 2.04 bits per heavy atom. The van der Waals surface area contributed by atoms with Gasteiger partial charge in [-0.25, -0.2) is 4.39 Å². The van der Waals surface area contributed by atoms with E-state index in [1.165, 1.54) is 29.5 Å². The number of halogens is 1. The summed E-state index contributed by atoms with van der Waals surface area (Å²) in [6.07, 6.45) is 1.20. The highest BCUT2D eigenvalue weighted by atomic mass is 32.2. The van der Waals surface area contributed by atoms with E-state index >= 15 is 0 Å². The third-order valence-electron chi connectivity index (χ3n) is 3.74. The summed E-state index contributed by atoms with van der Waals surface area (Å²) in [5.41, 5.74) is 1.98. The van der Waals surface area contributed by atoms with Crippen LogP contribution in [0.5, 0.6) is 0 Å². The van der Waals surface area contributed by atoms with Crippen LogP contribution in [0, 0.1) is 12.7 Å². The fraction of sp³-hybridized carbons (Fsp3) is 0.235. The number of benzene rings is 1. The Morgan fingerprint density at radius 1 is 1.28 bits per heavy atom. The van der Waals surface area contributed by atoms with Gasteiger partial charge in [-0.3, -0.25) is 13.4 Å². The minimum Gasteiger partial charge on any atom is -0.271 e. The molecule has 8 heteroatoms. The molecule has 1 aromatic carbocycles. The molecular formula is C17H16FNO4S2. The minimum absolute atomic E-state index is 0.0822. The summed E-state index contributed by atoms with van der Waals surface area (Å²) in [5.74, 6) is -0.442. The Bertz CT molecular complexity index is 1100. The molecule has 0 spiro atoms. The van der Waals surface area contributed by atoms with Gasteiger partial charge in [-0.05, 0) is 42.7 Å².